The van der Waals surface area contributed by atoms with Crippen molar-refractivity contribution in [2.45, 2.75) is 13.8 Å². The summed E-state index contributed by atoms with van der Waals surface area (Å²) in [6.07, 6.45) is 0. The molecule has 2 rings (SSSR count). The van der Waals surface area contributed by atoms with Crippen LogP contribution in [0.2, 0.25) is 0 Å². The molecule has 22 heavy (non-hydrogen) atoms. The van der Waals surface area contributed by atoms with Gasteiger partial charge in [0, 0.05) is 12.1 Å². The van der Waals surface area contributed by atoms with Crippen molar-refractivity contribution in [1.82, 2.24) is 10.4 Å². The van der Waals surface area contributed by atoms with Gasteiger partial charge in [0.05, 0.1) is 16.3 Å². The number of non-ortho nitro benzene ring substituents is 1. The van der Waals surface area contributed by atoms with Gasteiger partial charge in [-0.15, -0.1) is 0 Å². The molecule has 114 valence electrons. The zero-order valence-electron chi connectivity index (χ0n) is 11.9. The molecule has 2 aromatic rings. The Morgan fingerprint density at radius 2 is 2.05 bits per heavy atom. The number of hydrogen-bond donors (Lipinski definition) is 2. The lowest BCUT2D eigenvalue weighted by Gasteiger charge is -2.02. The number of rotatable bonds is 4. The molecule has 0 aliphatic rings. The van der Waals surface area contributed by atoms with Gasteiger partial charge in [0.15, 0.2) is 5.13 Å². The van der Waals surface area contributed by atoms with Gasteiger partial charge in [-0.2, -0.15) is 5.10 Å². The lowest BCUT2D eigenvalue weighted by molar-refractivity contribution is -0.384. The molecule has 0 unspecified atom stereocenters. The Hall–Kier alpha value is -2.81. The summed E-state index contributed by atoms with van der Waals surface area (Å²) in [7, 11) is 0. The molecular formula is C13H13N5O3S. The Morgan fingerprint density at radius 3 is 2.55 bits per heavy atom. The Bertz CT molecular complexity index is 752. The quantitative estimate of drug-likeness (QED) is 0.507. The van der Waals surface area contributed by atoms with Gasteiger partial charge in [-0.1, -0.05) is 11.3 Å². The number of nitrogens with zero attached hydrogens (tertiary/aromatic N) is 3. The second-order valence-corrected chi connectivity index (χ2v) is 5.44. The molecule has 1 aromatic carbocycles. The Balaban J connectivity index is 2.10. The third kappa shape index (κ3) is 3.44. The largest absolute Gasteiger partial charge is 0.375 e. The van der Waals surface area contributed by atoms with Gasteiger partial charge in [-0.05, 0) is 31.5 Å². The number of nitro benzene ring substituents is 1. The van der Waals surface area contributed by atoms with Crippen LogP contribution in [-0.4, -0.2) is 21.5 Å². The number of nitrogens with two attached hydrogens (primary N) is 1. The Morgan fingerprint density at radius 1 is 1.41 bits per heavy atom. The van der Waals surface area contributed by atoms with Gasteiger partial charge in [-0.3, -0.25) is 14.9 Å². The van der Waals surface area contributed by atoms with Gasteiger partial charge >= 0.3 is 0 Å². The summed E-state index contributed by atoms with van der Waals surface area (Å²) < 4.78 is 0. The van der Waals surface area contributed by atoms with Crippen LogP contribution in [-0.2, 0) is 0 Å². The number of nitrogen functional groups attached to an aromatic ring is 1. The third-order valence-corrected chi connectivity index (χ3v) is 3.83. The van der Waals surface area contributed by atoms with Crippen LogP contribution < -0.4 is 11.2 Å². The minimum atomic E-state index is -0.477. The van der Waals surface area contributed by atoms with E-state index in [0.29, 0.717) is 27.0 Å². The first-order valence-electron chi connectivity index (χ1n) is 6.21. The number of benzene rings is 1. The molecule has 0 radical (unpaired) electrons. The van der Waals surface area contributed by atoms with E-state index in [0.717, 1.165) is 11.3 Å². The molecule has 0 aliphatic heterocycles. The fourth-order valence-corrected chi connectivity index (χ4v) is 2.43. The molecule has 3 N–H and O–H groups in total. The number of nitrogens with one attached hydrogen (secondary N) is 1. The molecule has 0 aliphatic carbocycles. The standard InChI is InChI=1S/C13H13N5O3S/c1-7(9-3-5-10(6-4-9)18(20)21)16-17-12(19)11-8(2)15-13(14)22-11/h3-6H,1-2H3,(H2,14,15)(H,17,19). The van der Waals surface area contributed by atoms with Crippen molar-refractivity contribution in [3.05, 3.63) is 50.5 Å². The summed E-state index contributed by atoms with van der Waals surface area (Å²) in [6, 6.07) is 5.90. The maximum atomic E-state index is 12.0. The van der Waals surface area contributed by atoms with Gasteiger partial charge in [0.2, 0.25) is 0 Å². The van der Waals surface area contributed by atoms with E-state index in [1.54, 1.807) is 26.0 Å². The van der Waals surface area contributed by atoms with E-state index >= 15 is 0 Å². The molecule has 0 bridgehead atoms. The van der Waals surface area contributed by atoms with Gasteiger partial charge in [0.1, 0.15) is 4.88 Å². The monoisotopic (exact) mass is 319 g/mol. The van der Waals surface area contributed by atoms with Crippen LogP contribution in [0.4, 0.5) is 10.8 Å². The van der Waals surface area contributed by atoms with Crippen molar-refractivity contribution in [2.24, 2.45) is 5.10 Å². The molecule has 1 heterocycles. The number of nitro groups is 1. The number of hydrazone groups is 1. The zero-order chi connectivity index (χ0) is 16.3. The molecular weight excluding hydrogens is 306 g/mol. The van der Waals surface area contributed by atoms with E-state index < -0.39 is 10.8 Å². The number of aryl methyl sites for hydroxylation is 1. The predicted octanol–water partition coefficient (Wildman–Crippen LogP) is 2.10. The second kappa shape index (κ2) is 6.31. The molecule has 0 spiro atoms. The number of amides is 1. The normalized spacial score (nSPS) is 11.3. The summed E-state index contributed by atoms with van der Waals surface area (Å²) in [5, 5.41) is 14.9. The van der Waals surface area contributed by atoms with Crippen LogP contribution in [0.3, 0.4) is 0 Å². The topological polar surface area (TPSA) is 124 Å². The summed E-state index contributed by atoms with van der Waals surface area (Å²) >= 11 is 1.09. The van der Waals surface area contributed by atoms with Crippen LogP contribution in [0.1, 0.15) is 27.9 Å². The van der Waals surface area contributed by atoms with E-state index in [-0.39, 0.29) is 5.69 Å². The van der Waals surface area contributed by atoms with E-state index in [2.05, 4.69) is 15.5 Å². The number of thiazole rings is 1. The molecule has 0 saturated heterocycles. The minimum absolute atomic E-state index is 0.00338. The van der Waals surface area contributed by atoms with Crippen LogP contribution >= 0.6 is 11.3 Å². The van der Waals surface area contributed by atoms with Crippen LogP contribution in [0, 0.1) is 17.0 Å². The fourth-order valence-electron chi connectivity index (χ4n) is 1.70. The van der Waals surface area contributed by atoms with Crippen molar-refractivity contribution in [2.75, 3.05) is 5.73 Å². The van der Waals surface area contributed by atoms with Crippen molar-refractivity contribution in [1.29, 1.82) is 0 Å². The molecule has 1 amide bonds. The highest BCUT2D eigenvalue weighted by Gasteiger charge is 2.13. The minimum Gasteiger partial charge on any atom is -0.375 e. The average molecular weight is 319 g/mol. The lowest BCUT2D eigenvalue weighted by Crippen LogP contribution is -2.19. The average Bonchev–Trinajstić information content (AvgIpc) is 2.83. The molecule has 8 nitrogen and oxygen atoms in total. The Kier molecular flexibility index (Phi) is 4.47. The van der Waals surface area contributed by atoms with E-state index in [1.807, 2.05) is 0 Å². The highest BCUT2D eigenvalue weighted by Crippen LogP contribution is 2.19. The molecule has 1 aromatic heterocycles. The van der Waals surface area contributed by atoms with Gasteiger partial charge < -0.3 is 5.73 Å². The molecule has 0 atom stereocenters. The molecule has 0 saturated carbocycles. The maximum absolute atomic E-state index is 12.0. The maximum Gasteiger partial charge on any atom is 0.283 e. The van der Waals surface area contributed by atoms with Crippen LogP contribution in [0.5, 0.6) is 0 Å². The summed E-state index contributed by atoms with van der Waals surface area (Å²) in [4.78, 5) is 26.4. The number of hydrogen-bond acceptors (Lipinski definition) is 7. The SMILES string of the molecule is CC(=NNC(=O)c1sc(N)nc1C)c1ccc([N+](=O)[O-])cc1. The number of anilines is 1. The summed E-state index contributed by atoms with van der Waals surface area (Å²) in [6.45, 7) is 3.38. The summed E-state index contributed by atoms with van der Waals surface area (Å²) in [5.74, 6) is -0.395. The molecule has 0 fully saturated rings. The van der Waals surface area contributed by atoms with Crippen molar-refractivity contribution in [3.63, 3.8) is 0 Å². The van der Waals surface area contributed by atoms with Crippen molar-refractivity contribution >= 4 is 33.8 Å². The van der Waals surface area contributed by atoms with E-state index in [1.165, 1.54) is 12.1 Å². The van der Waals surface area contributed by atoms with Crippen molar-refractivity contribution in [3.8, 4) is 0 Å². The summed E-state index contributed by atoms with van der Waals surface area (Å²) in [5.41, 5.74) is 9.70. The highest BCUT2D eigenvalue weighted by atomic mass is 32.1. The zero-order valence-corrected chi connectivity index (χ0v) is 12.7. The first-order valence-corrected chi connectivity index (χ1v) is 7.02. The number of carbonyl (C=O) groups is 1. The van der Waals surface area contributed by atoms with Crippen LogP contribution in [0.25, 0.3) is 0 Å². The van der Waals surface area contributed by atoms with E-state index in [9.17, 15) is 14.9 Å². The first kappa shape index (κ1) is 15.6. The smallest absolute Gasteiger partial charge is 0.283 e. The predicted molar refractivity (Wildman–Crippen MR) is 84.0 cm³/mol. The first-order chi connectivity index (χ1) is 10.4. The van der Waals surface area contributed by atoms with Gasteiger partial charge in [0.25, 0.3) is 11.6 Å². The second-order valence-electron chi connectivity index (χ2n) is 4.41. The van der Waals surface area contributed by atoms with Crippen molar-refractivity contribution < 1.29 is 9.72 Å². The van der Waals surface area contributed by atoms with E-state index in [4.69, 9.17) is 5.73 Å². The molecule has 9 heteroatoms. The Labute approximate surface area is 129 Å². The lowest BCUT2D eigenvalue weighted by atomic mass is 10.1. The fraction of sp³-hybridized carbons (Fsp3) is 0.154. The highest BCUT2D eigenvalue weighted by molar-refractivity contribution is 7.17. The van der Waals surface area contributed by atoms with Gasteiger partial charge in [-0.25, -0.2) is 10.4 Å². The number of aromatic nitrogens is 1. The third-order valence-electron chi connectivity index (χ3n) is 2.84. The number of carbonyl (C=O) groups excluding carboxylic acids is 1. The van der Waals surface area contributed by atoms with Crippen LogP contribution in [0.15, 0.2) is 29.4 Å².